The van der Waals surface area contributed by atoms with Crippen molar-refractivity contribution >= 4 is 0 Å². The molecule has 1 heterocycles. The van der Waals surface area contributed by atoms with Crippen LogP contribution in [0.4, 0.5) is 4.39 Å². The fraction of sp³-hybridized carbons (Fsp3) is 0.600. The van der Waals surface area contributed by atoms with Gasteiger partial charge in [-0.15, -0.1) is 6.58 Å². The van der Waals surface area contributed by atoms with Gasteiger partial charge in [-0.05, 0) is 25.3 Å². The molecule has 1 rings (SSSR count). The van der Waals surface area contributed by atoms with Crippen molar-refractivity contribution in [1.29, 1.82) is 0 Å². The Labute approximate surface area is 104 Å². The molecule has 1 nitrogen and oxygen atoms in total. The van der Waals surface area contributed by atoms with Crippen LogP contribution in [0.5, 0.6) is 0 Å². The van der Waals surface area contributed by atoms with Crippen molar-refractivity contribution in [1.82, 2.24) is 0 Å². The highest BCUT2D eigenvalue weighted by atomic mass is 19.1. The Morgan fingerprint density at radius 2 is 2.18 bits per heavy atom. The van der Waals surface area contributed by atoms with E-state index in [-0.39, 0.29) is 17.3 Å². The molecule has 0 radical (unpaired) electrons. The molecule has 0 N–H and O–H groups in total. The van der Waals surface area contributed by atoms with Gasteiger partial charge < -0.3 is 4.74 Å². The summed E-state index contributed by atoms with van der Waals surface area (Å²) in [6.07, 6.45) is 10.3. The standard InChI is InChI=1S/C15H23FO/c1-4-13-12-14(16)10-8-7-9-11-17-15(13,5-2)6-3/h4,7-8,12-13H,1,5-6,9-11H2,2-3H3/b8-7-,14-12+. The number of allylic oxidation sites excluding steroid dienone is 2. The summed E-state index contributed by atoms with van der Waals surface area (Å²) < 4.78 is 19.7. The molecule has 0 aliphatic carbocycles. The van der Waals surface area contributed by atoms with Gasteiger partial charge in [0.15, 0.2) is 0 Å². The summed E-state index contributed by atoms with van der Waals surface area (Å²) in [6.45, 7) is 8.70. The maximum atomic E-state index is 13.7. The third-order valence-corrected chi connectivity index (χ3v) is 3.57. The summed E-state index contributed by atoms with van der Waals surface area (Å²) in [5, 5.41) is 0. The minimum Gasteiger partial charge on any atom is -0.374 e. The fourth-order valence-electron chi connectivity index (χ4n) is 2.36. The summed E-state index contributed by atoms with van der Waals surface area (Å²) in [6, 6.07) is 0. The first-order valence-corrected chi connectivity index (χ1v) is 6.46. The van der Waals surface area contributed by atoms with E-state index in [2.05, 4.69) is 20.4 Å². The average molecular weight is 238 g/mol. The minimum atomic E-state index is -0.301. The molecular weight excluding hydrogens is 215 g/mol. The summed E-state index contributed by atoms with van der Waals surface area (Å²) in [4.78, 5) is 0. The zero-order valence-corrected chi connectivity index (χ0v) is 10.9. The molecule has 2 heteroatoms. The summed E-state index contributed by atoms with van der Waals surface area (Å²) in [5.74, 6) is -0.146. The minimum absolute atomic E-state index is 0.0519. The van der Waals surface area contributed by atoms with Crippen molar-refractivity contribution in [3.05, 3.63) is 36.7 Å². The SMILES string of the molecule is C=CC1/C=C(/F)C/C=C\CCOC1(CC)CC. The molecule has 0 saturated carbocycles. The first kappa shape index (κ1) is 14.2. The van der Waals surface area contributed by atoms with Crippen LogP contribution in [0, 0.1) is 5.92 Å². The van der Waals surface area contributed by atoms with E-state index in [9.17, 15) is 4.39 Å². The van der Waals surface area contributed by atoms with E-state index in [4.69, 9.17) is 4.74 Å². The van der Waals surface area contributed by atoms with Gasteiger partial charge in [0.05, 0.1) is 12.2 Å². The molecule has 1 unspecified atom stereocenters. The Hall–Kier alpha value is -0.890. The predicted octanol–water partition coefficient (Wildman–Crippen LogP) is 4.57. The molecule has 0 saturated heterocycles. The van der Waals surface area contributed by atoms with Gasteiger partial charge in [-0.25, -0.2) is 4.39 Å². The lowest BCUT2D eigenvalue weighted by molar-refractivity contribution is -0.0680. The van der Waals surface area contributed by atoms with Crippen LogP contribution in [0.25, 0.3) is 0 Å². The monoisotopic (exact) mass is 238 g/mol. The topological polar surface area (TPSA) is 9.23 Å². The highest BCUT2D eigenvalue weighted by Gasteiger charge is 2.34. The van der Waals surface area contributed by atoms with E-state index in [1.54, 1.807) is 12.2 Å². The number of hydrogen-bond acceptors (Lipinski definition) is 1. The zero-order valence-electron chi connectivity index (χ0n) is 10.9. The fourth-order valence-corrected chi connectivity index (χ4v) is 2.36. The molecule has 1 aliphatic heterocycles. The third kappa shape index (κ3) is 3.53. The van der Waals surface area contributed by atoms with Crippen molar-refractivity contribution in [3.63, 3.8) is 0 Å². The van der Waals surface area contributed by atoms with Gasteiger partial charge in [0.25, 0.3) is 0 Å². The van der Waals surface area contributed by atoms with Crippen molar-refractivity contribution in [2.45, 2.75) is 45.1 Å². The van der Waals surface area contributed by atoms with Gasteiger partial charge in [-0.1, -0.05) is 32.1 Å². The molecule has 17 heavy (non-hydrogen) atoms. The highest BCUT2D eigenvalue weighted by Crippen LogP contribution is 2.33. The van der Waals surface area contributed by atoms with Crippen LogP contribution in [-0.4, -0.2) is 12.2 Å². The molecule has 1 atom stereocenters. The third-order valence-electron chi connectivity index (χ3n) is 3.57. The molecule has 0 amide bonds. The smallest absolute Gasteiger partial charge is 0.100 e. The highest BCUT2D eigenvalue weighted by molar-refractivity contribution is 5.12. The van der Waals surface area contributed by atoms with E-state index in [0.29, 0.717) is 13.0 Å². The Morgan fingerprint density at radius 3 is 2.76 bits per heavy atom. The summed E-state index contributed by atoms with van der Waals surface area (Å²) in [7, 11) is 0. The van der Waals surface area contributed by atoms with Crippen molar-refractivity contribution in [3.8, 4) is 0 Å². The van der Waals surface area contributed by atoms with Crippen molar-refractivity contribution in [2.24, 2.45) is 5.92 Å². The Bertz CT molecular complexity index is 300. The largest absolute Gasteiger partial charge is 0.374 e. The number of halogens is 1. The van der Waals surface area contributed by atoms with E-state index in [1.165, 1.54) is 0 Å². The van der Waals surface area contributed by atoms with Crippen LogP contribution in [0.2, 0.25) is 0 Å². The molecular formula is C15H23FO. The second-order valence-electron chi connectivity index (χ2n) is 4.46. The Morgan fingerprint density at radius 1 is 1.47 bits per heavy atom. The molecule has 96 valence electrons. The predicted molar refractivity (Wildman–Crippen MR) is 70.5 cm³/mol. The molecule has 1 aliphatic rings. The number of ether oxygens (including phenoxy) is 1. The number of rotatable bonds is 3. The first-order valence-electron chi connectivity index (χ1n) is 6.46. The van der Waals surface area contributed by atoms with Gasteiger partial charge >= 0.3 is 0 Å². The molecule has 0 aromatic heterocycles. The molecule has 0 fully saturated rings. The first-order chi connectivity index (χ1) is 8.18. The second kappa shape index (κ2) is 6.75. The Kier molecular flexibility index (Phi) is 5.63. The second-order valence-corrected chi connectivity index (χ2v) is 4.46. The van der Waals surface area contributed by atoms with Crippen LogP contribution in [0.1, 0.15) is 39.5 Å². The molecule has 0 aromatic carbocycles. The lowest BCUT2D eigenvalue weighted by atomic mass is 9.81. The normalized spacial score (nSPS) is 30.1. The van der Waals surface area contributed by atoms with Crippen LogP contribution in [0.3, 0.4) is 0 Å². The van der Waals surface area contributed by atoms with Crippen LogP contribution in [0.15, 0.2) is 36.7 Å². The summed E-state index contributed by atoms with van der Waals surface area (Å²) in [5.41, 5.74) is -0.301. The van der Waals surface area contributed by atoms with Gasteiger partial charge in [0.2, 0.25) is 0 Å². The van der Waals surface area contributed by atoms with Crippen LogP contribution in [-0.2, 0) is 4.74 Å². The molecule has 0 bridgehead atoms. The van der Waals surface area contributed by atoms with E-state index < -0.39 is 0 Å². The maximum absolute atomic E-state index is 13.7. The number of hydrogen-bond donors (Lipinski definition) is 0. The quantitative estimate of drug-likeness (QED) is 0.654. The van der Waals surface area contributed by atoms with Crippen LogP contribution < -0.4 is 0 Å². The average Bonchev–Trinajstić information content (AvgIpc) is 2.36. The summed E-state index contributed by atoms with van der Waals surface area (Å²) >= 11 is 0. The van der Waals surface area contributed by atoms with Gasteiger partial charge in [-0.2, -0.15) is 0 Å². The lowest BCUT2D eigenvalue weighted by Gasteiger charge is -2.37. The Balaban J connectivity index is 3.02. The van der Waals surface area contributed by atoms with Gasteiger partial charge in [-0.3, -0.25) is 0 Å². The molecule has 0 spiro atoms. The van der Waals surface area contributed by atoms with Gasteiger partial charge in [0, 0.05) is 12.3 Å². The van der Waals surface area contributed by atoms with Gasteiger partial charge in [0.1, 0.15) is 5.83 Å². The van der Waals surface area contributed by atoms with Crippen LogP contribution >= 0.6 is 0 Å². The molecule has 0 aromatic rings. The lowest BCUT2D eigenvalue weighted by Crippen LogP contribution is -2.38. The van der Waals surface area contributed by atoms with E-state index in [0.717, 1.165) is 19.3 Å². The van der Waals surface area contributed by atoms with E-state index >= 15 is 0 Å². The van der Waals surface area contributed by atoms with Crippen molar-refractivity contribution in [2.75, 3.05) is 6.61 Å². The van der Waals surface area contributed by atoms with E-state index in [1.807, 2.05) is 12.2 Å². The zero-order chi connectivity index (χ0) is 12.7. The maximum Gasteiger partial charge on any atom is 0.100 e. The van der Waals surface area contributed by atoms with Crippen molar-refractivity contribution < 1.29 is 9.13 Å².